The Hall–Kier alpha value is -1.77. The number of hydrogen-bond acceptors (Lipinski definition) is 7. The molecule has 106 valence electrons. The van der Waals surface area contributed by atoms with Crippen LogP contribution in [-0.2, 0) is 4.74 Å². The van der Waals surface area contributed by atoms with E-state index in [0.29, 0.717) is 35.2 Å². The Balaban J connectivity index is 1.97. The van der Waals surface area contributed by atoms with Crippen molar-refractivity contribution in [3.05, 3.63) is 17.1 Å². The number of aliphatic hydroxyl groups excluding tert-OH is 1. The Bertz CT molecular complexity index is 645. The minimum absolute atomic E-state index is 0.129. The molecular formula is C12H14N4O3S. The summed E-state index contributed by atoms with van der Waals surface area (Å²) in [5.41, 5.74) is 6.46. The van der Waals surface area contributed by atoms with Gasteiger partial charge in [0.2, 0.25) is 0 Å². The first-order chi connectivity index (χ1) is 9.72. The van der Waals surface area contributed by atoms with Crippen molar-refractivity contribution < 1.29 is 14.6 Å². The predicted molar refractivity (Wildman–Crippen MR) is 74.6 cm³/mol. The lowest BCUT2D eigenvalue weighted by molar-refractivity contribution is -0.0181. The third-order valence-electron chi connectivity index (χ3n) is 3.31. The number of nitrogens with zero attached hydrogens (tertiary/aromatic N) is 3. The van der Waals surface area contributed by atoms with Crippen molar-refractivity contribution >= 4 is 33.1 Å². The van der Waals surface area contributed by atoms with Crippen LogP contribution in [0.25, 0.3) is 10.2 Å². The zero-order chi connectivity index (χ0) is 14.1. The Morgan fingerprint density at radius 3 is 3.25 bits per heavy atom. The van der Waals surface area contributed by atoms with E-state index in [1.165, 1.54) is 11.3 Å². The van der Waals surface area contributed by atoms with Gasteiger partial charge in [0.05, 0.1) is 37.7 Å². The van der Waals surface area contributed by atoms with Crippen LogP contribution in [0.4, 0.5) is 5.69 Å². The van der Waals surface area contributed by atoms with Gasteiger partial charge in [-0.2, -0.15) is 5.10 Å². The number of carbonyl (C=O) groups is 1. The second-order valence-corrected chi connectivity index (χ2v) is 5.50. The number of fused-ring (bicyclic) bond motifs is 1. The number of morpholine rings is 1. The minimum Gasteiger partial charge on any atom is -0.397 e. The van der Waals surface area contributed by atoms with E-state index >= 15 is 0 Å². The summed E-state index contributed by atoms with van der Waals surface area (Å²) in [5.74, 6) is -0.187. The molecule has 0 saturated carbocycles. The maximum atomic E-state index is 12.6. The fraction of sp³-hybridized carbons (Fsp3) is 0.417. The quantitative estimate of drug-likeness (QED) is 0.815. The van der Waals surface area contributed by atoms with Crippen molar-refractivity contribution in [3.63, 3.8) is 0 Å². The molecule has 8 heteroatoms. The van der Waals surface area contributed by atoms with Crippen LogP contribution in [0.5, 0.6) is 0 Å². The molecule has 1 aliphatic heterocycles. The average Bonchev–Trinajstić information content (AvgIpc) is 2.84. The lowest BCUT2D eigenvalue weighted by Crippen LogP contribution is -2.50. The molecule has 20 heavy (non-hydrogen) atoms. The molecule has 1 aliphatic rings. The third kappa shape index (κ3) is 2.11. The average molecular weight is 294 g/mol. The molecule has 2 aromatic heterocycles. The summed E-state index contributed by atoms with van der Waals surface area (Å²) < 4.78 is 5.27. The monoisotopic (exact) mass is 294 g/mol. The summed E-state index contributed by atoms with van der Waals surface area (Å²) in [6.45, 7) is 1.12. The molecule has 3 N–H and O–H groups in total. The van der Waals surface area contributed by atoms with Crippen LogP contribution in [0.15, 0.2) is 12.3 Å². The maximum absolute atomic E-state index is 12.6. The molecule has 1 saturated heterocycles. The van der Waals surface area contributed by atoms with E-state index in [9.17, 15) is 9.90 Å². The van der Waals surface area contributed by atoms with Gasteiger partial charge in [0.15, 0.2) is 0 Å². The second-order valence-electron chi connectivity index (χ2n) is 4.50. The third-order valence-corrected chi connectivity index (χ3v) is 4.41. The van der Waals surface area contributed by atoms with Gasteiger partial charge < -0.3 is 20.5 Å². The smallest absolute Gasteiger partial charge is 0.266 e. The Morgan fingerprint density at radius 1 is 1.65 bits per heavy atom. The van der Waals surface area contributed by atoms with Gasteiger partial charge in [-0.05, 0) is 6.07 Å². The summed E-state index contributed by atoms with van der Waals surface area (Å²) in [4.78, 5) is 15.3. The van der Waals surface area contributed by atoms with Crippen molar-refractivity contribution in [2.75, 3.05) is 32.1 Å². The van der Waals surface area contributed by atoms with E-state index in [4.69, 9.17) is 10.5 Å². The first-order valence-corrected chi connectivity index (χ1v) is 7.03. The normalized spacial score (nSPS) is 19.4. The zero-order valence-electron chi connectivity index (χ0n) is 10.7. The van der Waals surface area contributed by atoms with E-state index in [1.54, 1.807) is 17.2 Å². The van der Waals surface area contributed by atoms with Crippen molar-refractivity contribution in [2.45, 2.75) is 6.04 Å². The van der Waals surface area contributed by atoms with Gasteiger partial charge in [0.1, 0.15) is 9.71 Å². The van der Waals surface area contributed by atoms with E-state index < -0.39 is 0 Å². The van der Waals surface area contributed by atoms with E-state index in [1.807, 2.05) is 0 Å². The first-order valence-electron chi connectivity index (χ1n) is 6.21. The van der Waals surface area contributed by atoms with E-state index in [0.717, 1.165) is 5.39 Å². The number of amides is 1. The number of hydrogen-bond donors (Lipinski definition) is 2. The number of carbonyl (C=O) groups excluding carboxylic acids is 1. The van der Waals surface area contributed by atoms with Crippen LogP contribution in [0.3, 0.4) is 0 Å². The maximum Gasteiger partial charge on any atom is 0.266 e. The lowest BCUT2D eigenvalue weighted by Gasteiger charge is -2.34. The Kier molecular flexibility index (Phi) is 3.51. The van der Waals surface area contributed by atoms with Crippen LogP contribution in [0.2, 0.25) is 0 Å². The van der Waals surface area contributed by atoms with Gasteiger partial charge in [0.25, 0.3) is 5.91 Å². The molecule has 0 aliphatic carbocycles. The highest BCUT2D eigenvalue weighted by molar-refractivity contribution is 7.21. The number of rotatable bonds is 2. The van der Waals surface area contributed by atoms with Crippen molar-refractivity contribution in [1.82, 2.24) is 15.1 Å². The zero-order valence-corrected chi connectivity index (χ0v) is 11.5. The van der Waals surface area contributed by atoms with Crippen LogP contribution in [0.1, 0.15) is 9.67 Å². The first kappa shape index (κ1) is 13.2. The molecule has 0 radical (unpaired) electrons. The number of anilines is 1. The van der Waals surface area contributed by atoms with Crippen LogP contribution in [0, 0.1) is 0 Å². The van der Waals surface area contributed by atoms with Crippen molar-refractivity contribution in [3.8, 4) is 0 Å². The fourth-order valence-electron chi connectivity index (χ4n) is 2.24. The van der Waals surface area contributed by atoms with Crippen LogP contribution >= 0.6 is 11.3 Å². The summed E-state index contributed by atoms with van der Waals surface area (Å²) >= 11 is 1.23. The van der Waals surface area contributed by atoms with Gasteiger partial charge >= 0.3 is 0 Å². The van der Waals surface area contributed by atoms with Crippen LogP contribution < -0.4 is 5.73 Å². The Morgan fingerprint density at radius 2 is 2.50 bits per heavy atom. The molecule has 0 bridgehead atoms. The molecule has 1 fully saturated rings. The van der Waals surface area contributed by atoms with Gasteiger partial charge in [-0.3, -0.25) is 4.79 Å². The molecule has 1 atom stereocenters. The number of nitrogens with two attached hydrogens (primary N) is 1. The van der Waals surface area contributed by atoms with Gasteiger partial charge in [-0.15, -0.1) is 16.4 Å². The summed E-state index contributed by atoms with van der Waals surface area (Å²) in [6, 6.07) is 1.42. The number of aromatic nitrogens is 2. The summed E-state index contributed by atoms with van der Waals surface area (Å²) in [5, 5.41) is 17.8. The molecule has 7 nitrogen and oxygen atoms in total. The molecule has 0 spiro atoms. The highest BCUT2D eigenvalue weighted by atomic mass is 32.1. The molecule has 1 unspecified atom stereocenters. The summed E-state index contributed by atoms with van der Waals surface area (Å²) in [7, 11) is 0. The molecule has 1 amide bonds. The Labute approximate surface area is 119 Å². The molecule has 3 rings (SSSR count). The van der Waals surface area contributed by atoms with Crippen molar-refractivity contribution in [2.24, 2.45) is 0 Å². The number of nitrogen functional groups attached to an aromatic ring is 1. The fourth-order valence-corrected chi connectivity index (χ4v) is 3.23. The van der Waals surface area contributed by atoms with E-state index in [2.05, 4.69) is 10.2 Å². The minimum atomic E-state index is -0.327. The van der Waals surface area contributed by atoms with Gasteiger partial charge in [-0.1, -0.05) is 0 Å². The standard InChI is InChI=1S/C12H14N4O3S/c13-9-8-1-2-14-15-11(8)20-10(9)12(18)16-3-4-19-6-7(16)5-17/h1-2,7,17H,3-6,13H2. The largest absolute Gasteiger partial charge is 0.397 e. The molecule has 0 aromatic carbocycles. The molecule has 2 aromatic rings. The van der Waals surface area contributed by atoms with Crippen molar-refractivity contribution in [1.29, 1.82) is 0 Å². The number of thiophene rings is 1. The molecular weight excluding hydrogens is 280 g/mol. The number of ether oxygens (including phenoxy) is 1. The number of aliphatic hydroxyl groups is 1. The van der Waals surface area contributed by atoms with Gasteiger partial charge in [0, 0.05) is 11.9 Å². The topological polar surface area (TPSA) is 102 Å². The predicted octanol–water partition coefficient (Wildman–Crippen LogP) is 0.107. The second kappa shape index (κ2) is 5.31. The van der Waals surface area contributed by atoms with E-state index in [-0.39, 0.29) is 18.6 Å². The van der Waals surface area contributed by atoms with Gasteiger partial charge in [-0.25, -0.2) is 0 Å². The highest BCUT2D eigenvalue weighted by Crippen LogP contribution is 2.33. The van der Waals surface area contributed by atoms with Crippen LogP contribution in [-0.4, -0.2) is 58.5 Å². The summed E-state index contributed by atoms with van der Waals surface area (Å²) in [6.07, 6.45) is 1.55. The lowest BCUT2D eigenvalue weighted by atomic mass is 10.2. The molecule has 3 heterocycles. The SMILES string of the molecule is Nc1c(C(=O)N2CCOCC2CO)sc2nnccc12. The highest BCUT2D eigenvalue weighted by Gasteiger charge is 2.30.